The van der Waals surface area contributed by atoms with Crippen molar-refractivity contribution in [2.45, 2.75) is 6.10 Å². The third-order valence-electron chi connectivity index (χ3n) is 3.37. The Balaban J connectivity index is 1.41. The van der Waals surface area contributed by atoms with Crippen molar-refractivity contribution in [2.24, 2.45) is 7.05 Å². The van der Waals surface area contributed by atoms with Crippen molar-refractivity contribution in [1.29, 1.82) is 0 Å². The molecule has 8 nitrogen and oxygen atoms in total. The van der Waals surface area contributed by atoms with Crippen molar-refractivity contribution in [2.75, 3.05) is 19.8 Å². The number of nitrogens with one attached hydrogen (secondary N) is 1. The van der Waals surface area contributed by atoms with Crippen LogP contribution in [0.2, 0.25) is 0 Å². The molecule has 0 saturated carbocycles. The Morgan fingerprint density at radius 2 is 2.17 bits per heavy atom. The smallest absolute Gasteiger partial charge is 0.341 e. The van der Waals surface area contributed by atoms with E-state index in [1.165, 1.54) is 17.1 Å². The highest BCUT2D eigenvalue weighted by atomic mass is 16.6. The van der Waals surface area contributed by atoms with Gasteiger partial charge in [0.05, 0.1) is 18.3 Å². The molecule has 3 rings (SSSR count). The number of aromatic nitrogens is 2. The van der Waals surface area contributed by atoms with Gasteiger partial charge in [-0.1, -0.05) is 12.1 Å². The molecule has 2 aromatic rings. The van der Waals surface area contributed by atoms with Crippen LogP contribution in [-0.2, 0) is 16.6 Å². The van der Waals surface area contributed by atoms with Gasteiger partial charge in [-0.3, -0.25) is 9.48 Å². The van der Waals surface area contributed by atoms with E-state index < -0.39 is 11.9 Å². The molecule has 24 heavy (non-hydrogen) atoms. The zero-order valence-electron chi connectivity index (χ0n) is 13.1. The first kappa shape index (κ1) is 15.9. The molecule has 1 amide bonds. The van der Waals surface area contributed by atoms with E-state index >= 15 is 0 Å². The van der Waals surface area contributed by atoms with Gasteiger partial charge in [-0.05, 0) is 12.1 Å². The minimum Gasteiger partial charge on any atom is -0.486 e. The monoisotopic (exact) mass is 331 g/mol. The van der Waals surface area contributed by atoms with Crippen molar-refractivity contribution in [1.82, 2.24) is 15.1 Å². The van der Waals surface area contributed by atoms with Crippen molar-refractivity contribution < 1.29 is 23.8 Å². The van der Waals surface area contributed by atoms with Crippen molar-refractivity contribution in [3.05, 3.63) is 42.2 Å². The van der Waals surface area contributed by atoms with Crippen molar-refractivity contribution in [3.63, 3.8) is 0 Å². The number of benzene rings is 1. The summed E-state index contributed by atoms with van der Waals surface area (Å²) in [5.74, 6) is 0.329. The lowest BCUT2D eigenvalue weighted by Crippen LogP contribution is -2.42. The van der Waals surface area contributed by atoms with E-state index in [1.54, 1.807) is 13.1 Å². The molecular formula is C16H17N3O5. The van der Waals surface area contributed by atoms with E-state index in [1.807, 2.05) is 18.2 Å². The summed E-state index contributed by atoms with van der Waals surface area (Å²) in [4.78, 5) is 23.5. The molecule has 1 unspecified atom stereocenters. The third kappa shape index (κ3) is 3.83. The predicted octanol–water partition coefficient (Wildman–Crippen LogP) is 0.533. The van der Waals surface area contributed by atoms with Crippen LogP contribution < -0.4 is 14.8 Å². The van der Waals surface area contributed by atoms with Crippen LogP contribution in [0.25, 0.3) is 0 Å². The second-order valence-electron chi connectivity index (χ2n) is 5.28. The van der Waals surface area contributed by atoms with Gasteiger partial charge in [0.25, 0.3) is 5.91 Å². The molecule has 0 saturated heterocycles. The molecule has 0 spiro atoms. The van der Waals surface area contributed by atoms with Crippen LogP contribution in [0.3, 0.4) is 0 Å². The first-order valence-electron chi connectivity index (χ1n) is 7.43. The molecule has 1 aromatic carbocycles. The second kappa shape index (κ2) is 7.03. The van der Waals surface area contributed by atoms with Crippen LogP contribution >= 0.6 is 0 Å². The molecule has 2 heterocycles. The molecule has 8 heteroatoms. The van der Waals surface area contributed by atoms with Crippen LogP contribution in [0, 0.1) is 0 Å². The molecule has 1 N–H and O–H groups in total. The first-order chi connectivity index (χ1) is 11.6. The molecular weight excluding hydrogens is 314 g/mol. The number of fused-ring (bicyclic) bond motifs is 1. The number of aryl methyl sites for hydroxylation is 1. The summed E-state index contributed by atoms with van der Waals surface area (Å²) in [6.45, 7) is 0.238. The summed E-state index contributed by atoms with van der Waals surface area (Å²) in [5.41, 5.74) is 0.297. The van der Waals surface area contributed by atoms with E-state index in [9.17, 15) is 9.59 Å². The molecule has 0 bridgehead atoms. The molecule has 1 aromatic heterocycles. The van der Waals surface area contributed by atoms with Gasteiger partial charge in [-0.15, -0.1) is 0 Å². The van der Waals surface area contributed by atoms with Gasteiger partial charge < -0.3 is 19.5 Å². The number of amides is 1. The Morgan fingerprint density at radius 1 is 1.38 bits per heavy atom. The average Bonchev–Trinajstić information content (AvgIpc) is 3.04. The van der Waals surface area contributed by atoms with E-state index in [2.05, 4.69) is 10.4 Å². The first-order valence-corrected chi connectivity index (χ1v) is 7.43. The maximum absolute atomic E-state index is 11.8. The maximum Gasteiger partial charge on any atom is 0.341 e. The Morgan fingerprint density at radius 3 is 2.92 bits per heavy atom. The lowest BCUT2D eigenvalue weighted by Gasteiger charge is -2.26. The van der Waals surface area contributed by atoms with Crippen molar-refractivity contribution in [3.8, 4) is 11.5 Å². The Hall–Kier alpha value is -3.03. The number of ether oxygens (including phenoxy) is 3. The van der Waals surface area contributed by atoms with Gasteiger partial charge in [-0.2, -0.15) is 5.10 Å². The molecule has 126 valence electrons. The van der Waals surface area contributed by atoms with Gasteiger partial charge in [-0.25, -0.2) is 4.79 Å². The number of hydrogen-bond donors (Lipinski definition) is 1. The molecule has 0 radical (unpaired) electrons. The Kier molecular flexibility index (Phi) is 4.64. The van der Waals surface area contributed by atoms with Crippen LogP contribution in [0.4, 0.5) is 0 Å². The highest BCUT2D eigenvalue weighted by Gasteiger charge is 2.21. The quantitative estimate of drug-likeness (QED) is 0.804. The normalized spacial score (nSPS) is 15.6. The summed E-state index contributed by atoms with van der Waals surface area (Å²) in [6.07, 6.45) is 2.60. The number of carbonyl (C=O) groups is 2. The molecule has 1 aliphatic heterocycles. The number of carbonyl (C=O) groups excluding carboxylic acids is 2. The highest BCUT2D eigenvalue weighted by Crippen LogP contribution is 2.30. The van der Waals surface area contributed by atoms with Gasteiger partial charge >= 0.3 is 5.97 Å². The van der Waals surface area contributed by atoms with E-state index in [0.717, 1.165) is 0 Å². The van der Waals surface area contributed by atoms with Gasteiger partial charge in [0, 0.05) is 13.2 Å². The fourth-order valence-corrected chi connectivity index (χ4v) is 2.18. The second-order valence-corrected chi connectivity index (χ2v) is 5.28. The van der Waals surface area contributed by atoms with Crippen molar-refractivity contribution >= 4 is 11.9 Å². The fraction of sp³-hybridized carbons (Fsp3) is 0.312. The number of para-hydroxylation sites is 2. The van der Waals surface area contributed by atoms with Crippen LogP contribution in [0.15, 0.2) is 36.7 Å². The number of hydrogen-bond acceptors (Lipinski definition) is 6. The zero-order chi connectivity index (χ0) is 16.9. The lowest BCUT2D eigenvalue weighted by molar-refractivity contribution is -0.124. The summed E-state index contributed by atoms with van der Waals surface area (Å²) in [5, 5.41) is 6.52. The van der Waals surface area contributed by atoms with Crippen LogP contribution in [-0.4, -0.2) is 47.5 Å². The minimum atomic E-state index is -0.593. The number of rotatable bonds is 5. The Bertz CT molecular complexity index is 743. The Labute approximate surface area is 138 Å². The fourth-order valence-electron chi connectivity index (χ4n) is 2.18. The molecule has 0 fully saturated rings. The maximum atomic E-state index is 11.8. The molecule has 0 aliphatic carbocycles. The van der Waals surface area contributed by atoms with E-state index in [4.69, 9.17) is 14.2 Å². The van der Waals surface area contributed by atoms with Crippen LogP contribution in [0.5, 0.6) is 11.5 Å². The molecule has 1 atom stereocenters. The largest absolute Gasteiger partial charge is 0.486 e. The highest BCUT2D eigenvalue weighted by molar-refractivity contribution is 5.90. The summed E-state index contributed by atoms with van der Waals surface area (Å²) >= 11 is 0. The summed E-state index contributed by atoms with van der Waals surface area (Å²) < 4.78 is 17.7. The minimum absolute atomic E-state index is 0.262. The predicted molar refractivity (Wildman–Crippen MR) is 82.9 cm³/mol. The third-order valence-corrected chi connectivity index (χ3v) is 3.37. The lowest BCUT2D eigenvalue weighted by atomic mass is 10.2. The standard InChI is InChI=1S/C16H17N3O5/c1-19-8-11(6-18-19)16(21)23-10-15(20)17-7-12-9-22-13-4-2-3-5-14(13)24-12/h2-6,8,12H,7,9-10H2,1H3,(H,17,20). The summed E-state index contributed by atoms with van der Waals surface area (Å²) in [6, 6.07) is 7.34. The topological polar surface area (TPSA) is 91.7 Å². The number of nitrogens with zero attached hydrogens (tertiary/aromatic N) is 2. The molecule has 1 aliphatic rings. The zero-order valence-corrected chi connectivity index (χ0v) is 13.1. The van der Waals surface area contributed by atoms with E-state index in [0.29, 0.717) is 23.7 Å². The average molecular weight is 331 g/mol. The summed E-state index contributed by atoms with van der Waals surface area (Å²) in [7, 11) is 1.69. The van der Waals surface area contributed by atoms with Gasteiger partial charge in [0.1, 0.15) is 12.7 Å². The van der Waals surface area contributed by atoms with Gasteiger partial charge in [0.2, 0.25) is 0 Å². The van der Waals surface area contributed by atoms with Crippen LogP contribution in [0.1, 0.15) is 10.4 Å². The van der Waals surface area contributed by atoms with Gasteiger partial charge in [0.15, 0.2) is 18.1 Å². The number of esters is 1. The SMILES string of the molecule is Cn1cc(C(=O)OCC(=O)NCC2COc3ccccc3O2)cn1. The van der Waals surface area contributed by atoms with E-state index in [-0.39, 0.29) is 19.3 Å².